The van der Waals surface area contributed by atoms with Gasteiger partial charge in [-0.3, -0.25) is 9.78 Å². The molecule has 2 atom stereocenters. The minimum Gasteiger partial charge on any atom is -0.465 e. The third-order valence-electron chi connectivity index (χ3n) is 6.60. The Balaban J connectivity index is 1.92. The Labute approximate surface area is 203 Å². The number of alkyl halides is 3. The van der Waals surface area contributed by atoms with Crippen LogP contribution in [0.5, 0.6) is 0 Å². The third-order valence-corrected chi connectivity index (χ3v) is 6.60. The predicted molar refractivity (Wildman–Crippen MR) is 121 cm³/mol. The van der Waals surface area contributed by atoms with Gasteiger partial charge in [-0.15, -0.1) is 0 Å². The Morgan fingerprint density at radius 1 is 1.19 bits per heavy atom. The molecule has 1 aromatic carbocycles. The fourth-order valence-corrected chi connectivity index (χ4v) is 4.69. The standard InChI is InChI=1S/C24H25F5N4O3/c1-12(13-3-4-13)31-21(34)17-10-30-20(24(27,28)29)18(14-7-15(25)9-16(26)8-14)19(17)33-6-5-23(2,11-33)32-22(35)36/h7-10,12-13,32H,3-6,11H2,1-2H3,(H,31,34)(H,35,36)/t12?,23-/m0/s1. The number of nitrogens with zero attached hydrogens (tertiary/aromatic N) is 2. The molecule has 194 valence electrons. The molecule has 0 spiro atoms. The van der Waals surface area contributed by atoms with Crippen molar-refractivity contribution >= 4 is 17.7 Å². The van der Waals surface area contributed by atoms with Gasteiger partial charge in [-0.05, 0) is 56.7 Å². The van der Waals surface area contributed by atoms with E-state index in [1.165, 1.54) is 4.90 Å². The number of carbonyl (C=O) groups excluding carboxylic acids is 1. The molecule has 3 N–H and O–H groups in total. The average molecular weight is 512 g/mol. The summed E-state index contributed by atoms with van der Waals surface area (Å²) in [6.45, 7) is 3.38. The van der Waals surface area contributed by atoms with E-state index in [9.17, 15) is 36.6 Å². The van der Waals surface area contributed by atoms with Crippen LogP contribution in [0, 0.1) is 17.6 Å². The molecule has 4 rings (SSSR count). The van der Waals surface area contributed by atoms with Crippen molar-refractivity contribution in [2.24, 2.45) is 5.92 Å². The first-order chi connectivity index (χ1) is 16.8. The number of aromatic nitrogens is 1. The van der Waals surface area contributed by atoms with Gasteiger partial charge < -0.3 is 20.6 Å². The van der Waals surface area contributed by atoms with Gasteiger partial charge in [0.05, 0.1) is 16.8 Å². The highest BCUT2D eigenvalue weighted by Crippen LogP contribution is 2.45. The van der Waals surface area contributed by atoms with Crippen molar-refractivity contribution in [1.82, 2.24) is 15.6 Å². The number of hydrogen-bond donors (Lipinski definition) is 3. The Morgan fingerprint density at radius 2 is 1.83 bits per heavy atom. The normalized spacial score (nSPS) is 20.8. The van der Waals surface area contributed by atoms with Crippen molar-refractivity contribution in [2.75, 3.05) is 18.0 Å². The van der Waals surface area contributed by atoms with E-state index in [4.69, 9.17) is 0 Å². The summed E-state index contributed by atoms with van der Waals surface area (Å²) in [5, 5.41) is 14.4. The van der Waals surface area contributed by atoms with Crippen LogP contribution in [0.15, 0.2) is 24.4 Å². The lowest BCUT2D eigenvalue weighted by atomic mass is 9.96. The molecular weight excluding hydrogens is 487 g/mol. The zero-order valence-corrected chi connectivity index (χ0v) is 19.5. The lowest BCUT2D eigenvalue weighted by Crippen LogP contribution is -2.47. The first-order valence-corrected chi connectivity index (χ1v) is 11.4. The molecule has 1 aromatic heterocycles. The van der Waals surface area contributed by atoms with E-state index in [2.05, 4.69) is 15.6 Å². The molecule has 0 radical (unpaired) electrons. The van der Waals surface area contributed by atoms with Gasteiger partial charge in [0, 0.05) is 37.0 Å². The van der Waals surface area contributed by atoms with Gasteiger partial charge in [0.15, 0.2) is 5.69 Å². The summed E-state index contributed by atoms with van der Waals surface area (Å²) in [7, 11) is 0. The molecule has 1 unspecified atom stereocenters. The Hall–Kier alpha value is -3.44. The summed E-state index contributed by atoms with van der Waals surface area (Å²) in [6.07, 6.45) is -3.46. The highest BCUT2D eigenvalue weighted by atomic mass is 19.4. The molecule has 1 aliphatic heterocycles. The number of carboxylic acid groups (broad SMARTS) is 1. The second-order valence-electron chi connectivity index (χ2n) is 9.66. The van der Waals surface area contributed by atoms with E-state index >= 15 is 0 Å². The molecule has 0 bridgehead atoms. The minimum atomic E-state index is -5.01. The van der Waals surface area contributed by atoms with Gasteiger partial charge in [0.1, 0.15) is 11.6 Å². The first kappa shape index (κ1) is 25.6. The largest absolute Gasteiger partial charge is 0.465 e. The van der Waals surface area contributed by atoms with E-state index in [1.807, 2.05) is 0 Å². The quantitative estimate of drug-likeness (QED) is 0.483. The van der Waals surface area contributed by atoms with Crippen LogP contribution in [0.1, 0.15) is 49.2 Å². The highest BCUT2D eigenvalue weighted by Gasteiger charge is 2.43. The summed E-state index contributed by atoms with van der Waals surface area (Å²) in [4.78, 5) is 29.5. The van der Waals surface area contributed by atoms with Crippen LogP contribution in [-0.2, 0) is 6.18 Å². The summed E-state index contributed by atoms with van der Waals surface area (Å²) in [5.74, 6) is -2.62. The van der Waals surface area contributed by atoms with Crippen LogP contribution in [0.2, 0.25) is 0 Å². The molecule has 1 saturated carbocycles. The summed E-state index contributed by atoms with van der Waals surface area (Å²) in [6, 6.07) is 1.79. The monoisotopic (exact) mass is 512 g/mol. The molecule has 2 aromatic rings. The van der Waals surface area contributed by atoms with E-state index in [-0.39, 0.29) is 42.7 Å². The van der Waals surface area contributed by atoms with Crippen molar-refractivity contribution in [2.45, 2.75) is 50.9 Å². The van der Waals surface area contributed by atoms with Gasteiger partial charge in [-0.25, -0.2) is 13.6 Å². The van der Waals surface area contributed by atoms with E-state index in [0.29, 0.717) is 6.07 Å². The fraction of sp³-hybridized carbons (Fsp3) is 0.458. The topological polar surface area (TPSA) is 94.6 Å². The smallest absolute Gasteiger partial charge is 0.434 e. The van der Waals surface area contributed by atoms with Gasteiger partial charge >= 0.3 is 12.3 Å². The molecular formula is C24H25F5N4O3. The lowest BCUT2D eigenvalue weighted by molar-refractivity contribution is -0.140. The third kappa shape index (κ3) is 5.36. The molecule has 12 heteroatoms. The number of rotatable bonds is 6. The maximum absolute atomic E-state index is 14.1. The van der Waals surface area contributed by atoms with Crippen LogP contribution in [-0.4, -0.2) is 46.8 Å². The number of hydrogen-bond acceptors (Lipinski definition) is 4. The highest BCUT2D eigenvalue weighted by molar-refractivity contribution is 6.04. The molecule has 7 nitrogen and oxygen atoms in total. The number of halogens is 5. The maximum Gasteiger partial charge on any atom is 0.434 e. The van der Waals surface area contributed by atoms with Crippen molar-refractivity contribution in [3.8, 4) is 11.1 Å². The van der Waals surface area contributed by atoms with Gasteiger partial charge in [0.2, 0.25) is 0 Å². The van der Waals surface area contributed by atoms with Crippen LogP contribution in [0.25, 0.3) is 11.1 Å². The lowest BCUT2D eigenvalue weighted by Gasteiger charge is -2.29. The summed E-state index contributed by atoms with van der Waals surface area (Å²) in [5.41, 5.74) is -3.94. The molecule has 2 aliphatic rings. The predicted octanol–water partition coefficient (Wildman–Crippen LogP) is 4.81. The number of amides is 2. The summed E-state index contributed by atoms with van der Waals surface area (Å²) < 4.78 is 70.6. The zero-order chi connectivity index (χ0) is 26.4. The van der Waals surface area contributed by atoms with Crippen LogP contribution >= 0.6 is 0 Å². The van der Waals surface area contributed by atoms with Crippen molar-refractivity contribution < 1.29 is 36.6 Å². The van der Waals surface area contributed by atoms with E-state index in [0.717, 1.165) is 31.2 Å². The molecule has 1 aliphatic carbocycles. The first-order valence-electron chi connectivity index (χ1n) is 11.4. The SMILES string of the molecule is CC(NC(=O)c1cnc(C(F)(F)F)c(-c2cc(F)cc(F)c2)c1N1CC[C@](C)(NC(=O)O)C1)C1CC1. The number of carbonyl (C=O) groups is 2. The Morgan fingerprint density at radius 3 is 2.39 bits per heavy atom. The van der Waals surface area contributed by atoms with Gasteiger partial charge in [-0.2, -0.15) is 13.2 Å². The minimum absolute atomic E-state index is 0.0795. The van der Waals surface area contributed by atoms with Crippen LogP contribution in [0.4, 0.5) is 32.4 Å². The maximum atomic E-state index is 14.1. The van der Waals surface area contributed by atoms with E-state index in [1.54, 1.807) is 13.8 Å². The molecule has 1 saturated heterocycles. The fourth-order valence-electron chi connectivity index (χ4n) is 4.69. The molecule has 36 heavy (non-hydrogen) atoms. The van der Waals surface area contributed by atoms with Crippen LogP contribution in [0.3, 0.4) is 0 Å². The summed E-state index contributed by atoms with van der Waals surface area (Å²) >= 11 is 0. The molecule has 2 fully saturated rings. The second-order valence-corrected chi connectivity index (χ2v) is 9.66. The number of nitrogens with one attached hydrogen (secondary N) is 2. The van der Waals surface area contributed by atoms with E-state index < -0.39 is 52.2 Å². The Kier molecular flexibility index (Phi) is 6.56. The molecule has 2 amide bonds. The van der Waals surface area contributed by atoms with Crippen molar-refractivity contribution in [3.05, 3.63) is 47.3 Å². The van der Waals surface area contributed by atoms with Crippen molar-refractivity contribution in [3.63, 3.8) is 0 Å². The number of pyridine rings is 1. The van der Waals surface area contributed by atoms with Gasteiger partial charge in [-0.1, -0.05) is 0 Å². The van der Waals surface area contributed by atoms with Crippen LogP contribution < -0.4 is 15.5 Å². The number of anilines is 1. The number of benzene rings is 1. The molecule has 2 heterocycles. The van der Waals surface area contributed by atoms with Crippen molar-refractivity contribution in [1.29, 1.82) is 0 Å². The Bertz CT molecular complexity index is 1180. The average Bonchev–Trinajstić information content (AvgIpc) is 3.53. The zero-order valence-electron chi connectivity index (χ0n) is 19.5. The second kappa shape index (κ2) is 9.21. The van der Waals surface area contributed by atoms with Gasteiger partial charge in [0.25, 0.3) is 5.91 Å².